The van der Waals surface area contributed by atoms with Crippen molar-refractivity contribution in [2.24, 2.45) is 0 Å². The fourth-order valence-electron chi connectivity index (χ4n) is 2.30. The third-order valence-electron chi connectivity index (χ3n) is 3.40. The molecule has 0 bridgehead atoms. The number of carbonyl (C=O) groups is 2. The largest absolute Gasteiger partial charge is 0.445 e. The molecule has 0 aliphatic carbocycles. The zero-order valence-electron chi connectivity index (χ0n) is 11.7. The molecule has 0 radical (unpaired) electrons. The van der Waals surface area contributed by atoms with E-state index >= 15 is 0 Å². The average Bonchev–Trinajstić information content (AvgIpc) is 2.84. The van der Waals surface area contributed by atoms with Crippen LogP contribution in [0.5, 0.6) is 0 Å². The van der Waals surface area contributed by atoms with E-state index < -0.39 is 11.6 Å². The van der Waals surface area contributed by atoms with Gasteiger partial charge in [-0.05, 0) is 25.5 Å². The number of aromatic nitrogens is 1. The summed E-state index contributed by atoms with van der Waals surface area (Å²) in [4.78, 5) is 28.7. The van der Waals surface area contributed by atoms with E-state index in [-0.39, 0.29) is 5.91 Å². The van der Waals surface area contributed by atoms with Gasteiger partial charge in [0, 0.05) is 11.8 Å². The van der Waals surface area contributed by atoms with Gasteiger partial charge in [-0.15, -0.1) is 11.3 Å². The summed E-state index contributed by atoms with van der Waals surface area (Å²) >= 11 is 1.34. The minimum Gasteiger partial charge on any atom is -0.445 e. The Hall–Kier alpha value is -2.21. The molecule has 0 spiro atoms. The molecule has 1 aromatic carbocycles. The Labute approximate surface area is 126 Å². The molecule has 108 valence electrons. The standard InChI is InChI=1S/C15H14N2O3S/c1-9-8-21-14(16-9)17-13(19)15(2)7-10-5-3-4-6-11(10)12(18)20-15/h3-6,8H,7H2,1-2H3,(H,16,17,19)/t15-/m0/s1. The van der Waals surface area contributed by atoms with Crippen LogP contribution >= 0.6 is 11.3 Å². The minimum absolute atomic E-state index is 0.352. The highest BCUT2D eigenvalue weighted by Crippen LogP contribution is 2.29. The highest BCUT2D eigenvalue weighted by Gasteiger charge is 2.42. The summed E-state index contributed by atoms with van der Waals surface area (Å²) in [7, 11) is 0. The number of anilines is 1. The van der Waals surface area contributed by atoms with Crippen LogP contribution in [0.2, 0.25) is 0 Å². The Kier molecular flexibility index (Phi) is 3.25. The molecular formula is C15H14N2O3S. The van der Waals surface area contributed by atoms with Gasteiger partial charge in [0.1, 0.15) is 0 Å². The molecule has 1 aromatic heterocycles. The number of rotatable bonds is 2. The number of hydrogen-bond acceptors (Lipinski definition) is 5. The molecule has 5 nitrogen and oxygen atoms in total. The molecule has 2 aromatic rings. The van der Waals surface area contributed by atoms with Gasteiger partial charge in [-0.1, -0.05) is 18.2 Å². The molecular weight excluding hydrogens is 288 g/mol. The third-order valence-corrected chi connectivity index (χ3v) is 4.28. The van der Waals surface area contributed by atoms with E-state index in [0.717, 1.165) is 11.3 Å². The first-order chi connectivity index (χ1) is 9.98. The zero-order chi connectivity index (χ0) is 15.0. The Morgan fingerprint density at radius 3 is 2.90 bits per heavy atom. The number of carbonyl (C=O) groups excluding carboxylic acids is 2. The van der Waals surface area contributed by atoms with E-state index in [2.05, 4.69) is 10.3 Å². The minimum atomic E-state index is -1.22. The van der Waals surface area contributed by atoms with Gasteiger partial charge in [-0.3, -0.25) is 10.1 Å². The van der Waals surface area contributed by atoms with E-state index in [0.29, 0.717) is 17.1 Å². The predicted molar refractivity (Wildman–Crippen MR) is 79.4 cm³/mol. The lowest BCUT2D eigenvalue weighted by Crippen LogP contribution is -2.48. The van der Waals surface area contributed by atoms with Gasteiger partial charge in [0.2, 0.25) is 0 Å². The van der Waals surface area contributed by atoms with E-state index in [1.807, 2.05) is 24.4 Å². The highest BCUT2D eigenvalue weighted by molar-refractivity contribution is 7.13. The van der Waals surface area contributed by atoms with Gasteiger partial charge in [-0.25, -0.2) is 9.78 Å². The first-order valence-corrected chi connectivity index (χ1v) is 7.41. The Morgan fingerprint density at radius 2 is 2.19 bits per heavy atom. The first-order valence-electron chi connectivity index (χ1n) is 6.53. The van der Waals surface area contributed by atoms with E-state index in [1.165, 1.54) is 11.3 Å². The smallest absolute Gasteiger partial charge is 0.339 e. The van der Waals surface area contributed by atoms with Crippen molar-refractivity contribution in [1.29, 1.82) is 0 Å². The van der Waals surface area contributed by atoms with Crippen LogP contribution in [0, 0.1) is 6.92 Å². The number of benzene rings is 1. The van der Waals surface area contributed by atoms with Crippen LogP contribution in [-0.2, 0) is 16.0 Å². The lowest BCUT2D eigenvalue weighted by Gasteiger charge is -2.32. The number of aryl methyl sites for hydroxylation is 1. The summed E-state index contributed by atoms with van der Waals surface area (Å²) in [5.41, 5.74) is 0.964. The number of thiazole rings is 1. The molecule has 0 saturated heterocycles. The van der Waals surface area contributed by atoms with Crippen LogP contribution in [0.4, 0.5) is 5.13 Å². The van der Waals surface area contributed by atoms with Crippen molar-refractivity contribution in [3.63, 3.8) is 0 Å². The average molecular weight is 302 g/mol. The number of cyclic esters (lactones) is 1. The van der Waals surface area contributed by atoms with Gasteiger partial charge in [0.05, 0.1) is 11.3 Å². The molecule has 1 aliphatic rings. The monoisotopic (exact) mass is 302 g/mol. The molecule has 21 heavy (non-hydrogen) atoms. The SMILES string of the molecule is Cc1csc(NC(=O)[C@]2(C)Cc3ccccc3C(=O)O2)n1. The number of amides is 1. The van der Waals surface area contributed by atoms with E-state index in [4.69, 9.17) is 4.74 Å². The predicted octanol–water partition coefficient (Wildman–Crippen LogP) is 2.56. The first kappa shape index (κ1) is 13.8. The normalized spacial score (nSPS) is 20.6. The molecule has 1 amide bonds. The Bertz CT molecular complexity index is 725. The van der Waals surface area contributed by atoms with Crippen molar-refractivity contribution < 1.29 is 14.3 Å². The van der Waals surface area contributed by atoms with Crippen molar-refractivity contribution in [2.45, 2.75) is 25.9 Å². The summed E-state index contributed by atoms with van der Waals surface area (Å²) in [6.07, 6.45) is 0.352. The van der Waals surface area contributed by atoms with Gasteiger partial charge in [-0.2, -0.15) is 0 Å². The number of esters is 1. The number of hydrogen-bond donors (Lipinski definition) is 1. The lowest BCUT2D eigenvalue weighted by atomic mass is 9.89. The van der Waals surface area contributed by atoms with Gasteiger partial charge in [0.15, 0.2) is 10.7 Å². The third kappa shape index (κ3) is 2.54. The lowest BCUT2D eigenvalue weighted by molar-refractivity contribution is -0.134. The molecule has 2 heterocycles. The molecule has 0 saturated carbocycles. The second kappa shape index (κ2) is 4.96. The summed E-state index contributed by atoms with van der Waals surface area (Å²) in [6.45, 7) is 3.47. The quantitative estimate of drug-likeness (QED) is 0.866. The van der Waals surface area contributed by atoms with Crippen LogP contribution in [0.1, 0.15) is 28.5 Å². The van der Waals surface area contributed by atoms with E-state index in [1.54, 1.807) is 19.1 Å². The molecule has 1 N–H and O–H groups in total. The number of ether oxygens (including phenoxy) is 1. The Balaban J connectivity index is 1.85. The summed E-state index contributed by atoms with van der Waals surface area (Å²) in [5, 5.41) is 5.07. The fraction of sp³-hybridized carbons (Fsp3) is 0.267. The summed E-state index contributed by atoms with van der Waals surface area (Å²) in [6, 6.07) is 7.18. The zero-order valence-corrected chi connectivity index (χ0v) is 12.5. The summed E-state index contributed by atoms with van der Waals surface area (Å²) < 4.78 is 5.37. The van der Waals surface area contributed by atoms with Crippen molar-refractivity contribution in [2.75, 3.05) is 5.32 Å². The second-order valence-electron chi connectivity index (χ2n) is 5.20. The van der Waals surface area contributed by atoms with Crippen LogP contribution in [0.15, 0.2) is 29.6 Å². The van der Waals surface area contributed by atoms with Crippen molar-refractivity contribution >= 4 is 28.3 Å². The molecule has 0 fully saturated rings. The van der Waals surface area contributed by atoms with Crippen molar-refractivity contribution in [3.8, 4) is 0 Å². The fourth-order valence-corrected chi connectivity index (χ4v) is 2.98. The maximum atomic E-state index is 12.4. The topological polar surface area (TPSA) is 68.3 Å². The molecule has 1 atom stereocenters. The maximum absolute atomic E-state index is 12.4. The maximum Gasteiger partial charge on any atom is 0.339 e. The number of nitrogens with one attached hydrogen (secondary N) is 1. The number of fused-ring (bicyclic) bond motifs is 1. The molecule has 1 aliphatic heterocycles. The molecule has 6 heteroatoms. The molecule has 3 rings (SSSR count). The van der Waals surface area contributed by atoms with Gasteiger partial charge < -0.3 is 4.74 Å². The van der Waals surface area contributed by atoms with Gasteiger partial charge in [0.25, 0.3) is 5.91 Å². The van der Waals surface area contributed by atoms with Crippen molar-refractivity contribution in [3.05, 3.63) is 46.5 Å². The van der Waals surface area contributed by atoms with Crippen LogP contribution in [-0.4, -0.2) is 22.5 Å². The van der Waals surface area contributed by atoms with Gasteiger partial charge >= 0.3 is 5.97 Å². The van der Waals surface area contributed by atoms with Crippen LogP contribution < -0.4 is 5.32 Å². The summed E-state index contributed by atoms with van der Waals surface area (Å²) in [5.74, 6) is -0.829. The molecule has 0 unspecified atom stereocenters. The van der Waals surface area contributed by atoms with Crippen molar-refractivity contribution in [1.82, 2.24) is 4.98 Å². The van der Waals surface area contributed by atoms with E-state index in [9.17, 15) is 9.59 Å². The van der Waals surface area contributed by atoms with Crippen LogP contribution in [0.3, 0.4) is 0 Å². The highest BCUT2D eigenvalue weighted by atomic mass is 32.1. The number of nitrogens with zero attached hydrogens (tertiary/aromatic N) is 1. The van der Waals surface area contributed by atoms with Crippen LogP contribution in [0.25, 0.3) is 0 Å². The Morgan fingerprint density at radius 1 is 1.43 bits per heavy atom. The second-order valence-corrected chi connectivity index (χ2v) is 6.06.